The van der Waals surface area contributed by atoms with Crippen LogP contribution in [-0.2, 0) is 0 Å². The van der Waals surface area contributed by atoms with Crippen LogP contribution in [0.25, 0.3) is 0 Å². The average molecular weight is 197 g/mol. The van der Waals surface area contributed by atoms with Gasteiger partial charge in [-0.3, -0.25) is 0 Å². The number of piperidine rings is 1. The normalized spacial score (nSPS) is 24.8. The number of likely N-dealkylation sites (N-methyl/N-ethyl adjacent to an activating group) is 1. The summed E-state index contributed by atoms with van der Waals surface area (Å²) >= 11 is 1.55. The van der Waals surface area contributed by atoms with Crippen LogP contribution in [0.2, 0.25) is 0 Å². The van der Waals surface area contributed by atoms with E-state index in [-0.39, 0.29) is 0 Å². The molecule has 0 amide bonds. The Morgan fingerprint density at radius 3 is 3.15 bits per heavy atom. The van der Waals surface area contributed by atoms with Crippen LogP contribution in [0.4, 0.5) is 5.00 Å². The molecule has 0 saturated carbocycles. The zero-order valence-electron chi connectivity index (χ0n) is 7.86. The summed E-state index contributed by atoms with van der Waals surface area (Å²) in [6.07, 6.45) is 2.50. The lowest BCUT2D eigenvalue weighted by Gasteiger charge is -2.28. The van der Waals surface area contributed by atoms with Crippen molar-refractivity contribution < 1.29 is 0 Å². The summed E-state index contributed by atoms with van der Waals surface area (Å²) in [5.74, 6) is 0.560. The van der Waals surface area contributed by atoms with Gasteiger partial charge in [-0.2, -0.15) is 0 Å². The molecule has 13 heavy (non-hydrogen) atoms. The van der Waals surface area contributed by atoms with E-state index in [0.29, 0.717) is 5.92 Å². The van der Waals surface area contributed by atoms with Gasteiger partial charge in [-0.25, -0.2) is 4.98 Å². The number of hydrogen-bond donors (Lipinski definition) is 1. The van der Waals surface area contributed by atoms with Crippen LogP contribution in [-0.4, -0.2) is 30.0 Å². The van der Waals surface area contributed by atoms with E-state index in [1.54, 1.807) is 11.3 Å². The molecule has 0 bridgehead atoms. The predicted octanol–water partition coefficient (Wildman–Crippen LogP) is 1.53. The van der Waals surface area contributed by atoms with E-state index in [1.807, 2.05) is 5.51 Å². The zero-order chi connectivity index (χ0) is 9.26. The zero-order valence-corrected chi connectivity index (χ0v) is 8.68. The first kappa shape index (κ1) is 8.97. The molecule has 72 valence electrons. The lowest BCUT2D eigenvalue weighted by molar-refractivity contribution is 0.249. The van der Waals surface area contributed by atoms with Crippen molar-refractivity contribution in [3.63, 3.8) is 0 Å². The van der Waals surface area contributed by atoms with Crippen molar-refractivity contribution in [3.05, 3.63) is 11.2 Å². The highest BCUT2D eigenvalue weighted by molar-refractivity contribution is 7.13. The molecule has 1 fully saturated rings. The fraction of sp³-hybridized carbons (Fsp3) is 0.667. The molecular weight excluding hydrogens is 182 g/mol. The molecule has 1 saturated heterocycles. The number of nitrogens with zero attached hydrogens (tertiary/aromatic N) is 2. The van der Waals surface area contributed by atoms with Crippen molar-refractivity contribution in [2.75, 3.05) is 25.9 Å². The molecule has 1 aromatic heterocycles. The molecule has 1 aliphatic rings. The van der Waals surface area contributed by atoms with Crippen LogP contribution in [0.15, 0.2) is 5.51 Å². The topological polar surface area (TPSA) is 42.2 Å². The first-order valence-corrected chi connectivity index (χ1v) is 5.52. The highest BCUT2D eigenvalue weighted by atomic mass is 32.1. The van der Waals surface area contributed by atoms with Crippen molar-refractivity contribution in [1.29, 1.82) is 0 Å². The van der Waals surface area contributed by atoms with Gasteiger partial charge in [0.15, 0.2) is 0 Å². The molecule has 1 unspecified atom stereocenters. The molecule has 2 rings (SSSR count). The van der Waals surface area contributed by atoms with E-state index in [2.05, 4.69) is 16.9 Å². The van der Waals surface area contributed by atoms with Crippen LogP contribution >= 0.6 is 11.3 Å². The number of aromatic nitrogens is 1. The second-order valence-electron chi connectivity index (χ2n) is 3.70. The molecule has 2 N–H and O–H groups in total. The lowest BCUT2D eigenvalue weighted by atomic mass is 9.95. The van der Waals surface area contributed by atoms with Crippen molar-refractivity contribution in [1.82, 2.24) is 9.88 Å². The second-order valence-corrected chi connectivity index (χ2v) is 4.59. The van der Waals surface area contributed by atoms with Crippen LogP contribution in [0, 0.1) is 0 Å². The molecule has 3 nitrogen and oxygen atoms in total. The number of rotatable bonds is 1. The highest BCUT2D eigenvalue weighted by Gasteiger charge is 2.22. The number of nitrogen functional groups attached to an aromatic ring is 1. The smallest absolute Gasteiger partial charge is 0.109 e. The fourth-order valence-corrected chi connectivity index (χ4v) is 2.58. The Hall–Kier alpha value is -0.610. The van der Waals surface area contributed by atoms with Gasteiger partial charge < -0.3 is 10.6 Å². The molecule has 0 aliphatic carbocycles. The maximum atomic E-state index is 5.85. The Bertz CT molecular complexity index is 284. The van der Waals surface area contributed by atoms with Crippen molar-refractivity contribution in [2.24, 2.45) is 0 Å². The number of thiazole rings is 1. The molecule has 0 spiro atoms. The van der Waals surface area contributed by atoms with Crippen molar-refractivity contribution in [2.45, 2.75) is 18.8 Å². The van der Waals surface area contributed by atoms with Gasteiger partial charge in [0.05, 0.1) is 11.2 Å². The summed E-state index contributed by atoms with van der Waals surface area (Å²) in [4.78, 5) is 6.69. The molecule has 1 aliphatic heterocycles. The SMILES string of the molecule is CN1CCCC(c2ncsc2N)C1. The van der Waals surface area contributed by atoms with Crippen LogP contribution in [0.5, 0.6) is 0 Å². The third-order valence-corrected chi connectivity index (χ3v) is 3.31. The molecule has 1 aromatic rings. The van der Waals surface area contributed by atoms with Crippen LogP contribution in [0.3, 0.4) is 0 Å². The third-order valence-electron chi connectivity index (χ3n) is 2.64. The highest BCUT2D eigenvalue weighted by Crippen LogP contribution is 2.30. The van der Waals surface area contributed by atoms with E-state index in [4.69, 9.17) is 5.73 Å². The Labute approximate surface area is 82.6 Å². The number of anilines is 1. The average Bonchev–Trinajstić information content (AvgIpc) is 2.51. The van der Waals surface area contributed by atoms with Crippen molar-refractivity contribution >= 4 is 16.3 Å². The minimum absolute atomic E-state index is 0.560. The summed E-state index contributed by atoms with van der Waals surface area (Å²) in [5, 5.41) is 0.903. The molecule has 0 aromatic carbocycles. The summed E-state index contributed by atoms with van der Waals surface area (Å²) in [5.41, 5.74) is 8.82. The Morgan fingerprint density at radius 1 is 1.69 bits per heavy atom. The monoisotopic (exact) mass is 197 g/mol. The van der Waals surface area contributed by atoms with Gasteiger partial charge in [-0.15, -0.1) is 11.3 Å². The maximum absolute atomic E-state index is 5.85. The van der Waals surface area contributed by atoms with Crippen LogP contribution in [0.1, 0.15) is 24.5 Å². The molecular formula is C9H15N3S. The Balaban J connectivity index is 2.12. The molecule has 2 heterocycles. The van der Waals surface area contributed by atoms with Crippen LogP contribution < -0.4 is 5.73 Å². The summed E-state index contributed by atoms with van der Waals surface area (Å²) in [7, 11) is 2.16. The molecule has 4 heteroatoms. The van der Waals surface area contributed by atoms with Gasteiger partial charge in [-0.05, 0) is 26.4 Å². The summed E-state index contributed by atoms with van der Waals surface area (Å²) in [6, 6.07) is 0. The number of likely N-dealkylation sites (tertiary alicyclic amines) is 1. The maximum Gasteiger partial charge on any atom is 0.109 e. The van der Waals surface area contributed by atoms with E-state index in [0.717, 1.165) is 17.2 Å². The minimum atomic E-state index is 0.560. The quantitative estimate of drug-likeness (QED) is 0.742. The van der Waals surface area contributed by atoms with Gasteiger partial charge >= 0.3 is 0 Å². The Morgan fingerprint density at radius 2 is 2.54 bits per heavy atom. The van der Waals surface area contributed by atoms with Gasteiger partial charge in [0.25, 0.3) is 0 Å². The van der Waals surface area contributed by atoms with Gasteiger partial charge in [0, 0.05) is 12.5 Å². The second kappa shape index (κ2) is 3.64. The van der Waals surface area contributed by atoms with Crippen molar-refractivity contribution in [3.8, 4) is 0 Å². The first-order chi connectivity index (χ1) is 6.27. The van der Waals surface area contributed by atoms with Gasteiger partial charge in [-0.1, -0.05) is 0 Å². The van der Waals surface area contributed by atoms with Gasteiger partial charge in [0.1, 0.15) is 5.00 Å². The summed E-state index contributed by atoms with van der Waals surface area (Å²) in [6.45, 7) is 2.31. The minimum Gasteiger partial charge on any atom is -0.389 e. The molecule has 1 atom stereocenters. The summed E-state index contributed by atoms with van der Waals surface area (Å²) < 4.78 is 0. The van der Waals surface area contributed by atoms with Gasteiger partial charge in [0.2, 0.25) is 0 Å². The van der Waals surface area contributed by atoms with E-state index >= 15 is 0 Å². The standard InChI is InChI=1S/C9H15N3S/c1-12-4-2-3-7(5-12)8-9(10)13-6-11-8/h6-7H,2-5,10H2,1H3. The third kappa shape index (κ3) is 1.84. The first-order valence-electron chi connectivity index (χ1n) is 4.65. The fourth-order valence-electron chi connectivity index (χ4n) is 1.96. The number of nitrogens with two attached hydrogens (primary N) is 1. The van der Waals surface area contributed by atoms with E-state index < -0.39 is 0 Å². The molecule has 0 radical (unpaired) electrons. The lowest BCUT2D eigenvalue weighted by Crippen LogP contribution is -2.31. The van der Waals surface area contributed by atoms with E-state index in [9.17, 15) is 0 Å². The predicted molar refractivity (Wildman–Crippen MR) is 56.0 cm³/mol. The Kier molecular flexibility index (Phi) is 2.51. The largest absolute Gasteiger partial charge is 0.389 e. The van der Waals surface area contributed by atoms with E-state index in [1.165, 1.54) is 19.4 Å². The number of hydrogen-bond acceptors (Lipinski definition) is 4.